The Morgan fingerprint density at radius 3 is 2.25 bits per heavy atom. The highest BCUT2D eigenvalue weighted by Gasteiger charge is 2.04. The monoisotopic (exact) mass is 296 g/mol. The molecule has 0 fully saturated rings. The lowest BCUT2D eigenvalue weighted by Gasteiger charge is -2.05. The predicted octanol–water partition coefficient (Wildman–Crippen LogP) is 0.729. The van der Waals surface area contributed by atoms with Gasteiger partial charge >= 0.3 is 5.97 Å². The first kappa shape index (κ1) is 16.0. The third-order valence-electron chi connectivity index (χ3n) is 2.29. The van der Waals surface area contributed by atoms with Crippen molar-refractivity contribution in [2.24, 2.45) is 0 Å². The number of amides is 2. The van der Waals surface area contributed by atoms with Crippen LogP contribution in [0.25, 0.3) is 0 Å². The zero-order chi connectivity index (χ0) is 15.0. The molecule has 20 heavy (non-hydrogen) atoms. The van der Waals surface area contributed by atoms with Crippen molar-refractivity contribution in [2.75, 3.05) is 18.8 Å². The van der Waals surface area contributed by atoms with Crippen LogP contribution >= 0.6 is 11.8 Å². The average Bonchev–Trinajstić information content (AvgIpc) is 2.41. The Morgan fingerprint density at radius 1 is 1.10 bits per heavy atom. The first-order valence-corrected chi connectivity index (χ1v) is 6.95. The van der Waals surface area contributed by atoms with Gasteiger partial charge in [0, 0.05) is 24.9 Å². The number of thioether (sulfide) groups is 1. The Kier molecular flexibility index (Phi) is 6.58. The topological polar surface area (TPSA) is 95.5 Å². The summed E-state index contributed by atoms with van der Waals surface area (Å²) in [6.45, 7) is 2.20. The Morgan fingerprint density at radius 2 is 1.70 bits per heavy atom. The quantitative estimate of drug-likeness (QED) is 0.509. The van der Waals surface area contributed by atoms with Crippen LogP contribution in [-0.4, -0.2) is 41.7 Å². The summed E-state index contributed by atoms with van der Waals surface area (Å²) in [6, 6.07) is 6.33. The number of hydrogen-bond acceptors (Lipinski definition) is 4. The lowest BCUT2D eigenvalue weighted by molar-refractivity contribution is -0.120. The molecule has 0 saturated carbocycles. The number of benzene rings is 1. The molecule has 0 heterocycles. The Balaban J connectivity index is 2.26. The molecule has 0 atom stereocenters. The van der Waals surface area contributed by atoms with E-state index < -0.39 is 5.97 Å². The Bertz CT molecular complexity index is 488. The van der Waals surface area contributed by atoms with Crippen molar-refractivity contribution < 1.29 is 19.5 Å². The molecule has 0 spiro atoms. The zero-order valence-corrected chi connectivity index (χ0v) is 11.8. The maximum Gasteiger partial charge on any atom is 0.335 e. The summed E-state index contributed by atoms with van der Waals surface area (Å²) in [4.78, 5) is 33.6. The van der Waals surface area contributed by atoms with Gasteiger partial charge in [0.15, 0.2) is 0 Å². The molecule has 2 amide bonds. The second-order valence-electron chi connectivity index (χ2n) is 3.95. The standard InChI is InChI=1S/C13H16N2O4S/c1-9(16)14-6-7-15-12(17)8-20-11-4-2-10(3-5-11)13(18)19/h2-5H,6-8H2,1H3,(H,14,16)(H,15,17)(H,18,19). The summed E-state index contributed by atoms with van der Waals surface area (Å²) in [5, 5.41) is 14.0. The van der Waals surface area contributed by atoms with Crippen LogP contribution < -0.4 is 10.6 Å². The van der Waals surface area contributed by atoms with Crippen LogP contribution in [0, 0.1) is 0 Å². The minimum absolute atomic E-state index is 0.132. The van der Waals surface area contributed by atoms with Gasteiger partial charge in [-0.2, -0.15) is 0 Å². The van der Waals surface area contributed by atoms with Gasteiger partial charge in [-0.05, 0) is 24.3 Å². The fourth-order valence-corrected chi connectivity index (χ4v) is 2.06. The molecule has 1 rings (SSSR count). The van der Waals surface area contributed by atoms with Crippen LogP contribution in [0.4, 0.5) is 0 Å². The minimum Gasteiger partial charge on any atom is -0.478 e. The van der Waals surface area contributed by atoms with Crippen LogP contribution in [0.1, 0.15) is 17.3 Å². The maximum atomic E-state index is 11.5. The number of nitrogens with one attached hydrogen (secondary N) is 2. The summed E-state index contributed by atoms with van der Waals surface area (Å²) in [5.41, 5.74) is 0.217. The third-order valence-corrected chi connectivity index (χ3v) is 3.30. The summed E-state index contributed by atoms with van der Waals surface area (Å²) < 4.78 is 0. The molecular weight excluding hydrogens is 280 g/mol. The van der Waals surface area contributed by atoms with E-state index in [0.29, 0.717) is 13.1 Å². The molecular formula is C13H16N2O4S. The van der Waals surface area contributed by atoms with Crippen molar-refractivity contribution in [3.8, 4) is 0 Å². The highest BCUT2D eigenvalue weighted by atomic mass is 32.2. The highest BCUT2D eigenvalue weighted by Crippen LogP contribution is 2.18. The number of carboxylic acid groups (broad SMARTS) is 1. The summed E-state index contributed by atoms with van der Waals surface area (Å²) in [6.07, 6.45) is 0. The minimum atomic E-state index is -0.975. The van der Waals surface area contributed by atoms with Gasteiger partial charge < -0.3 is 15.7 Å². The number of carbonyl (C=O) groups excluding carboxylic acids is 2. The van der Waals surface area contributed by atoms with Crippen LogP contribution in [0.15, 0.2) is 29.2 Å². The fourth-order valence-electron chi connectivity index (χ4n) is 1.33. The highest BCUT2D eigenvalue weighted by molar-refractivity contribution is 8.00. The molecule has 0 unspecified atom stereocenters. The molecule has 0 aliphatic carbocycles. The third kappa shape index (κ3) is 6.24. The van der Waals surface area contributed by atoms with Gasteiger partial charge in [-0.25, -0.2) is 4.79 Å². The summed E-state index contributed by atoms with van der Waals surface area (Å²) in [7, 11) is 0. The molecule has 0 aromatic heterocycles. The molecule has 0 radical (unpaired) electrons. The van der Waals surface area contributed by atoms with Crippen molar-refractivity contribution in [2.45, 2.75) is 11.8 Å². The Labute approximate surface area is 120 Å². The second-order valence-corrected chi connectivity index (χ2v) is 5.00. The van der Waals surface area contributed by atoms with Gasteiger partial charge in [-0.1, -0.05) is 0 Å². The molecule has 0 aliphatic rings. The van der Waals surface area contributed by atoms with Crippen LogP contribution in [-0.2, 0) is 9.59 Å². The molecule has 3 N–H and O–H groups in total. The van der Waals surface area contributed by atoms with E-state index in [-0.39, 0.29) is 23.1 Å². The van der Waals surface area contributed by atoms with Gasteiger partial charge in [-0.3, -0.25) is 9.59 Å². The number of carbonyl (C=O) groups is 3. The SMILES string of the molecule is CC(=O)NCCNC(=O)CSc1ccc(C(=O)O)cc1. The van der Waals surface area contributed by atoms with Crippen molar-refractivity contribution >= 4 is 29.5 Å². The van der Waals surface area contributed by atoms with E-state index in [1.54, 1.807) is 12.1 Å². The molecule has 0 saturated heterocycles. The Hall–Kier alpha value is -2.02. The second kappa shape index (κ2) is 8.21. The van der Waals surface area contributed by atoms with Crippen LogP contribution in [0.5, 0.6) is 0 Å². The van der Waals surface area contributed by atoms with Crippen LogP contribution in [0.3, 0.4) is 0 Å². The normalized spacial score (nSPS) is 9.85. The van der Waals surface area contributed by atoms with E-state index in [0.717, 1.165) is 4.90 Å². The summed E-state index contributed by atoms with van der Waals surface area (Å²) >= 11 is 1.32. The van der Waals surface area contributed by atoms with E-state index in [2.05, 4.69) is 10.6 Å². The first-order valence-electron chi connectivity index (χ1n) is 5.96. The molecule has 0 bridgehead atoms. The first-order chi connectivity index (χ1) is 9.49. The lowest BCUT2D eigenvalue weighted by Crippen LogP contribution is -2.34. The number of hydrogen-bond donors (Lipinski definition) is 3. The van der Waals surface area contributed by atoms with E-state index in [4.69, 9.17) is 5.11 Å². The maximum absolute atomic E-state index is 11.5. The molecule has 0 aliphatic heterocycles. The van der Waals surface area contributed by atoms with Crippen LogP contribution in [0.2, 0.25) is 0 Å². The predicted molar refractivity (Wildman–Crippen MR) is 75.8 cm³/mol. The van der Waals surface area contributed by atoms with Crippen molar-refractivity contribution in [1.29, 1.82) is 0 Å². The van der Waals surface area contributed by atoms with Gasteiger partial charge in [0.2, 0.25) is 11.8 Å². The summed E-state index contributed by atoms with van der Waals surface area (Å²) in [5.74, 6) is -1.00. The average molecular weight is 296 g/mol. The van der Waals surface area contributed by atoms with Gasteiger partial charge in [0.05, 0.1) is 11.3 Å². The van der Waals surface area contributed by atoms with E-state index >= 15 is 0 Å². The van der Waals surface area contributed by atoms with Crippen molar-refractivity contribution in [3.05, 3.63) is 29.8 Å². The molecule has 1 aromatic rings. The van der Waals surface area contributed by atoms with E-state index in [1.807, 2.05) is 0 Å². The zero-order valence-electron chi connectivity index (χ0n) is 11.0. The van der Waals surface area contributed by atoms with Gasteiger partial charge in [0.1, 0.15) is 0 Å². The smallest absolute Gasteiger partial charge is 0.335 e. The number of carboxylic acids is 1. The lowest BCUT2D eigenvalue weighted by atomic mass is 10.2. The largest absolute Gasteiger partial charge is 0.478 e. The number of rotatable bonds is 7. The van der Waals surface area contributed by atoms with Gasteiger partial charge in [0.25, 0.3) is 0 Å². The molecule has 108 valence electrons. The number of aromatic carboxylic acids is 1. The fraction of sp³-hybridized carbons (Fsp3) is 0.308. The van der Waals surface area contributed by atoms with Gasteiger partial charge in [-0.15, -0.1) is 11.8 Å². The molecule has 6 nitrogen and oxygen atoms in total. The van der Waals surface area contributed by atoms with E-state index in [1.165, 1.54) is 30.8 Å². The molecule has 7 heteroatoms. The van der Waals surface area contributed by atoms with E-state index in [9.17, 15) is 14.4 Å². The van der Waals surface area contributed by atoms with Crippen molar-refractivity contribution in [1.82, 2.24) is 10.6 Å². The van der Waals surface area contributed by atoms with Crippen molar-refractivity contribution in [3.63, 3.8) is 0 Å². The molecule has 1 aromatic carbocycles.